The number of ether oxygens (including phenoxy) is 1. The first-order valence-corrected chi connectivity index (χ1v) is 7.14. The Morgan fingerprint density at radius 2 is 2.19 bits per heavy atom. The van der Waals surface area contributed by atoms with Crippen molar-refractivity contribution in [3.8, 4) is 16.3 Å². The van der Waals surface area contributed by atoms with E-state index in [2.05, 4.69) is 9.72 Å². The molecular weight excluding hydrogens is 300 g/mol. The average Bonchev–Trinajstić information content (AvgIpc) is 2.97. The fourth-order valence-electron chi connectivity index (χ4n) is 2.42. The molecule has 0 amide bonds. The largest absolute Gasteiger partial charge is 0.481 e. The lowest BCUT2D eigenvalue weighted by molar-refractivity contribution is -0.138. The maximum absolute atomic E-state index is 12.4. The topological polar surface area (TPSA) is 59.4 Å². The summed E-state index contributed by atoms with van der Waals surface area (Å²) in [5.41, 5.74) is 1.01. The number of carbonyl (C=O) groups is 1. The number of thiazole rings is 1. The van der Waals surface area contributed by atoms with Gasteiger partial charge >= 0.3 is 12.6 Å². The molecule has 1 N–H and O–H groups in total. The molecule has 1 aromatic heterocycles. The maximum atomic E-state index is 12.4. The third kappa shape index (κ3) is 2.61. The second kappa shape index (κ2) is 5.40. The lowest BCUT2D eigenvalue weighted by atomic mass is 10.1. The van der Waals surface area contributed by atoms with Crippen LogP contribution in [0.2, 0.25) is 0 Å². The number of rotatable bonds is 4. The Labute approximate surface area is 123 Å². The number of carboxylic acids is 1. The Morgan fingerprint density at radius 3 is 2.90 bits per heavy atom. The Bertz CT molecular complexity index is 687. The van der Waals surface area contributed by atoms with Gasteiger partial charge in [-0.2, -0.15) is 8.78 Å². The van der Waals surface area contributed by atoms with Crippen molar-refractivity contribution in [1.82, 2.24) is 4.98 Å². The highest BCUT2D eigenvalue weighted by molar-refractivity contribution is 7.15. The van der Waals surface area contributed by atoms with Gasteiger partial charge in [-0.25, -0.2) is 4.98 Å². The summed E-state index contributed by atoms with van der Waals surface area (Å²) < 4.78 is 29.3. The number of alkyl halides is 2. The molecule has 21 heavy (non-hydrogen) atoms. The number of aromatic nitrogens is 1. The molecule has 2 aromatic rings. The summed E-state index contributed by atoms with van der Waals surface area (Å²) >= 11 is 1.34. The van der Waals surface area contributed by atoms with Crippen molar-refractivity contribution in [3.05, 3.63) is 34.8 Å². The Hall–Kier alpha value is -2.02. The highest BCUT2D eigenvalue weighted by Crippen LogP contribution is 2.42. The van der Waals surface area contributed by atoms with E-state index >= 15 is 0 Å². The molecule has 1 aromatic carbocycles. The van der Waals surface area contributed by atoms with Crippen molar-refractivity contribution in [1.29, 1.82) is 0 Å². The van der Waals surface area contributed by atoms with Gasteiger partial charge in [-0.15, -0.1) is 11.3 Å². The van der Waals surface area contributed by atoms with Crippen LogP contribution in [0.4, 0.5) is 8.78 Å². The van der Waals surface area contributed by atoms with Gasteiger partial charge in [-0.05, 0) is 25.0 Å². The van der Waals surface area contributed by atoms with E-state index in [1.165, 1.54) is 17.4 Å². The summed E-state index contributed by atoms with van der Waals surface area (Å²) in [6, 6.07) is 6.39. The van der Waals surface area contributed by atoms with E-state index in [-0.39, 0.29) is 5.75 Å². The summed E-state index contributed by atoms with van der Waals surface area (Å²) in [5.74, 6) is -1.46. The molecule has 0 aliphatic heterocycles. The number of benzene rings is 1. The van der Waals surface area contributed by atoms with Crippen LogP contribution in [0.15, 0.2) is 24.3 Å². The van der Waals surface area contributed by atoms with E-state index in [9.17, 15) is 13.6 Å². The average molecular weight is 311 g/mol. The number of halogens is 2. The van der Waals surface area contributed by atoms with Gasteiger partial charge in [0.1, 0.15) is 16.7 Å². The zero-order chi connectivity index (χ0) is 15.0. The number of hydrogen-bond donors (Lipinski definition) is 1. The predicted molar refractivity (Wildman–Crippen MR) is 72.9 cm³/mol. The summed E-state index contributed by atoms with van der Waals surface area (Å²) in [4.78, 5) is 16.4. The van der Waals surface area contributed by atoms with Crippen LogP contribution < -0.4 is 4.74 Å². The SMILES string of the molecule is O=C(O)C1CCc2sc(-c3ccccc3OC(F)F)nc21. The number of hydrogen-bond acceptors (Lipinski definition) is 4. The fourth-order valence-corrected chi connectivity index (χ4v) is 3.59. The molecule has 0 radical (unpaired) electrons. The van der Waals surface area contributed by atoms with Gasteiger partial charge in [-0.3, -0.25) is 4.79 Å². The van der Waals surface area contributed by atoms with Crippen LogP contribution in [0, 0.1) is 0 Å². The first-order chi connectivity index (χ1) is 10.1. The van der Waals surface area contributed by atoms with Crippen molar-refractivity contribution in [2.75, 3.05) is 0 Å². The monoisotopic (exact) mass is 311 g/mol. The smallest absolute Gasteiger partial charge is 0.387 e. The van der Waals surface area contributed by atoms with Gasteiger partial charge in [-0.1, -0.05) is 12.1 Å². The van der Waals surface area contributed by atoms with E-state index in [1.807, 2.05) is 0 Å². The van der Waals surface area contributed by atoms with Crippen LogP contribution in [0.25, 0.3) is 10.6 Å². The number of para-hydroxylation sites is 1. The van der Waals surface area contributed by atoms with E-state index in [4.69, 9.17) is 5.11 Å². The normalized spacial score (nSPS) is 17.0. The lowest BCUT2D eigenvalue weighted by Gasteiger charge is -2.08. The molecule has 110 valence electrons. The van der Waals surface area contributed by atoms with Crippen molar-refractivity contribution in [2.24, 2.45) is 0 Å². The number of carboxylic acid groups (broad SMARTS) is 1. The molecule has 1 unspecified atom stereocenters. The van der Waals surface area contributed by atoms with E-state index in [1.54, 1.807) is 18.2 Å². The molecule has 0 saturated carbocycles. The number of aryl methyl sites for hydroxylation is 1. The van der Waals surface area contributed by atoms with Crippen molar-refractivity contribution in [3.63, 3.8) is 0 Å². The van der Waals surface area contributed by atoms with Crippen molar-refractivity contribution in [2.45, 2.75) is 25.4 Å². The molecule has 1 aliphatic rings. The van der Waals surface area contributed by atoms with Gasteiger partial charge in [0.15, 0.2) is 0 Å². The Balaban J connectivity index is 2.00. The maximum Gasteiger partial charge on any atom is 0.387 e. The van der Waals surface area contributed by atoms with Gasteiger partial charge in [0, 0.05) is 4.88 Å². The van der Waals surface area contributed by atoms with Gasteiger partial charge < -0.3 is 9.84 Å². The Kier molecular flexibility index (Phi) is 3.59. The highest BCUT2D eigenvalue weighted by atomic mass is 32.1. The van der Waals surface area contributed by atoms with Crippen LogP contribution in [-0.2, 0) is 11.2 Å². The molecule has 3 rings (SSSR count). The van der Waals surface area contributed by atoms with Gasteiger partial charge in [0.2, 0.25) is 0 Å². The molecule has 1 aliphatic carbocycles. The molecule has 0 bridgehead atoms. The molecule has 4 nitrogen and oxygen atoms in total. The van der Waals surface area contributed by atoms with Crippen LogP contribution in [0.3, 0.4) is 0 Å². The summed E-state index contributed by atoms with van der Waals surface area (Å²) in [6.45, 7) is -2.91. The zero-order valence-corrected chi connectivity index (χ0v) is 11.6. The third-order valence-electron chi connectivity index (χ3n) is 3.35. The van der Waals surface area contributed by atoms with E-state index < -0.39 is 18.5 Å². The lowest BCUT2D eigenvalue weighted by Crippen LogP contribution is -2.08. The predicted octanol–water partition coefficient (Wildman–Crippen LogP) is 3.53. The minimum absolute atomic E-state index is 0.0480. The minimum Gasteiger partial charge on any atom is -0.481 e. The standard InChI is InChI=1S/C14H11F2NO3S/c15-14(16)20-9-4-2-1-3-7(9)12-17-11-8(13(18)19)5-6-10(11)21-12/h1-4,8,14H,5-6H2,(H,18,19). The van der Waals surface area contributed by atoms with E-state index in [0.717, 1.165) is 4.88 Å². The minimum atomic E-state index is -2.91. The second-order valence-corrected chi connectivity index (χ2v) is 5.72. The number of fused-ring (bicyclic) bond motifs is 1. The molecule has 1 heterocycles. The molecule has 0 fully saturated rings. The third-order valence-corrected chi connectivity index (χ3v) is 4.51. The first kappa shape index (κ1) is 13.9. The molecule has 7 heteroatoms. The molecule has 1 atom stereocenters. The van der Waals surface area contributed by atoms with Crippen molar-refractivity contribution >= 4 is 17.3 Å². The molecule has 0 saturated heterocycles. The number of nitrogens with zero attached hydrogens (tertiary/aromatic N) is 1. The van der Waals surface area contributed by atoms with Gasteiger partial charge in [0.05, 0.1) is 11.3 Å². The van der Waals surface area contributed by atoms with E-state index in [0.29, 0.717) is 29.1 Å². The summed E-state index contributed by atoms with van der Waals surface area (Å²) in [6.07, 6.45) is 1.20. The first-order valence-electron chi connectivity index (χ1n) is 6.33. The highest BCUT2D eigenvalue weighted by Gasteiger charge is 2.32. The fraction of sp³-hybridized carbons (Fsp3) is 0.286. The van der Waals surface area contributed by atoms with Crippen LogP contribution in [0.1, 0.15) is 22.9 Å². The summed E-state index contributed by atoms with van der Waals surface area (Å²) in [7, 11) is 0. The quantitative estimate of drug-likeness (QED) is 0.938. The molecular formula is C14H11F2NO3S. The van der Waals surface area contributed by atoms with Crippen LogP contribution in [0.5, 0.6) is 5.75 Å². The summed E-state index contributed by atoms with van der Waals surface area (Å²) in [5, 5.41) is 9.67. The molecule has 0 spiro atoms. The van der Waals surface area contributed by atoms with Crippen LogP contribution >= 0.6 is 11.3 Å². The van der Waals surface area contributed by atoms with Gasteiger partial charge in [0.25, 0.3) is 0 Å². The second-order valence-electron chi connectivity index (χ2n) is 4.63. The Morgan fingerprint density at radius 1 is 1.43 bits per heavy atom. The van der Waals surface area contributed by atoms with Crippen LogP contribution in [-0.4, -0.2) is 22.7 Å². The zero-order valence-electron chi connectivity index (χ0n) is 10.8. The number of aliphatic carboxylic acids is 1. The van der Waals surface area contributed by atoms with Crippen molar-refractivity contribution < 1.29 is 23.4 Å².